The number of nitrogens with one attached hydrogen (secondary N) is 1. The van der Waals surface area contributed by atoms with E-state index in [2.05, 4.69) is 10.3 Å². The Balaban J connectivity index is 1.72. The van der Waals surface area contributed by atoms with Crippen molar-refractivity contribution in [2.24, 2.45) is 5.92 Å². The molecule has 1 aromatic heterocycles. The van der Waals surface area contributed by atoms with Crippen LogP contribution in [0.2, 0.25) is 0 Å². The molecule has 6 heteroatoms. The minimum atomic E-state index is -0.944. The van der Waals surface area contributed by atoms with Crippen molar-refractivity contribution in [1.82, 2.24) is 9.88 Å². The molecule has 1 amide bonds. The molecule has 114 valence electrons. The summed E-state index contributed by atoms with van der Waals surface area (Å²) in [4.78, 5) is 28.5. The maximum atomic E-state index is 12.2. The summed E-state index contributed by atoms with van der Waals surface area (Å²) < 4.78 is 0. The van der Waals surface area contributed by atoms with Crippen LogP contribution in [0.4, 0.5) is 5.82 Å². The van der Waals surface area contributed by atoms with Gasteiger partial charge in [-0.25, -0.2) is 4.98 Å². The Hall–Kier alpha value is -2.11. The molecule has 0 aromatic carbocycles. The molecule has 6 nitrogen and oxygen atoms in total. The predicted molar refractivity (Wildman–Crippen MR) is 78.9 cm³/mol. The van der Waals surface area contributed by atoms with Crippen LogP contribution in [0, 0.1) is 5.92 Å². The van der Waals surface area contributed by atoms with Crippen LogP contribution in [-0.4, -0.2) is 46.5 Å². The van der Waals surface area contributed by atoms with Gasteiger partial charge in [0.15, 0.2) is 0 Å². The number of carboxylic acid groups (broad SMARTS) is 1. The lowest BCUT2D eigenvalue weighted by Gasteiger charge is -2.31. The van der Waals surface area contributed by atoms with Gasteiger partial charge in [0.2, 0.25) is 5.91 Å². The summed E-state index contributed by atoms with van der Waals surface area (Å²) in [5.74, 6) is -0.161. The first-order valence-electron chi connectivity index (χ1n) is 7.32. The zero-order valence-corrected chi connectivity index (χ0v) is 12.0. The number of carboxylic acids is 1. The molecular formula is C15H21N3O3. The number of anilines is 1. The summed E-state index contributed by atoms with van der Waals surface area (Å²) in [7, 11) is 0. The summed E-state index contributed by atoms with van der Waals surface area (Å²) >= 11 is 0. The fourth-order valence-corrected chi connectivity index (χ4v) is 2.64. The Labute approximate surface area is 124 Å². The first-order chi connectivity index (χ1) is 10.2. The van der Waals surface area contributed by atoms with E-state index in [1.54, 1.807) is 6.20 Å². The molecule has 2 heterocycles. The highest BCUT2D eigenvalue weighted by Crippen LogP contribution is 2.22. The van der Waals surface area contributed by atoms with Gasteiger partial charge in [-0.3, -0.25) is 9.59 Å². The van der Waals surface area contributed by atoms with Crippen LogP contribution in [0.15, 0.2) is 24.4 Å². The van der Waals surface area contributed by atoms with E-state index >= 15 is 0 Å². The van der Waals surface area contributed by atoms with Crippen LogP contribution in [0.25, 0.3) is 0 Å². The zero-order valence-electron chi connectivity index (χ0n) is 12.0. The summed E-state index contributed by atoms with van der Waals surface area (Å²) in [5, 5.41) is 12.0. The molecule has 1 aromatic rings. The van der Waals surface area contributed by atoms with Crippen LogP contribution in [0.5, 0.6) is 0 Å². The number of nitrogens with zero attached hydrogens (tertiary/aromatic N) is 2. The molecule has 1 aliphatic heterocycles. The van der Waals surface area contributed by atoms with E-state index in [0.29, 0.717) is 6.54 Å². The fraction of sp³-hybridized carbons (Fsp3) is 0.533. The van der Waals surface area contributed by atoms with Gasteiger partial charge >= 0.3 is 5.97 Å². The van der Waals surface area contributed by atoms with Crippen molar-refractivity contribution in [1.29, 1.82) is 0 Å². The number of carbonyl (C=O) groups is 2. The van der Waals surface area contributed by atoms with Crippen molar-refractivity contribution in [3.8, 4) is 0 Å². The van der Waals surface area contributed by atoms with Crippen molar-refractivity contribution >= 4 is 17.7 Å². The number of hydrogen-bond acceptors (Lipinski definition) is 4. The zero-order chi connectivity index (χ0) is 15.1. The van der Waals surface area contributed by atoms with E-state index in [0.717, 1.165) is 38.0 Å². The third kappa shape index (κ3) is 4.73. The molecule has 1 aliphatic rings. The Kier molecular flexibility index (Phi) is 5.54. The van der Waals surface area contributed by atoms with Crippen LogP contribution < -0.4 is 5.32 Å². The maximum absolute atomic E-state index is 12.2. The molecule has 0 aliphatic carbocycles. The number of aromatic nitrogens is 1. The average molecular weight is 291 g/mol. The third-order valence-electron chi connectivity index (χ3n) is 3.67. The van der Waals surface area contributed by atoms with Gasteiger partial charge in [-0.05, 0) is 37.8 Å². The van der Waals surface area contributed by atoms with Gasteiger partial charge in [0.1, 0.15) is 12.4 Å². The second-order valence-electron chi connectivity index (χ2n) is 5.28. The van der Waals surface area contributed by atoms with Gasteiger partial charge in [0.05, 0.1) is 0 Å². The predicted octanol–water partition coefficient (Wildman–Crippen LogP) is 1.60. The van der Waals surface area contributed by atoms with Gasteiger partial charge in [0, 0.05) is 25.2 Å². The standard InChI is InChI=1S/C15H21N3O3/c19-14(20)11-18-10-4-6-12(15(18)21)5-3-9-17-13-7-1-2-8-16-13/h1-2,7-8,12H,3-6,9-11H2,(H,16,17)(H,19,20)/t12-/m1/s1. The van der Waals surface area contributed by atoms with E-state index in [1.165, 1.54) is 4.90 Å². The topological polar surface area (TPSA) is 82.5 Å². The monoisotopic (exact) mass is 291 g/mol. The second kappa shape index (κ2) is 7.61. The van der Waals surface area contributed by atoms with E-state index in [-0.39, 0.29) is 18.4 Å². The number of piperidine rings is 1. The smallest absolute Gasteiger partial charge is 0.323 e. The van der Waals surface area contributed by atoms with Crippen LogP contribution >= 0.6 is 0 Å². The number of hydrogen-bond donors (Lipinski definition) is 2. The van der Waals surface area contributed by atoms with E-state index < -0.39 is 5.97 Å². The van der Waals surface area contributed by atoms with Gasteiger partial charge in [-0.2, -0.15) is 0 Å². The van der Waals surface area contributed by atoms with Gasteiger partial charge in [0.25, 0.3) is 0 Å². The third-order valence-corrected chi connectivity index (χ3v) is 3.67. The molecule has 0 unspecified atom stereocenters. The molecule has 1 saturated heterocycles. The van der Waals surface area contributed by atoms with Crippen molar-refractivity contribution in [3.63, 3.8) is 0 Å². The minimum absolute atomic E-state index is 0.0125. The normalized spacial score (nSPS) is 18.6. The number of amides is 1. The first-order valence-corrected chi connectivity index (χ1v) is 7.32. The highest BCUT2D eigenvalue weighted by atomic mass is 16.4. The quantitative estimate of drug-likeness (QED) is 0.746. The van der Waals surface area contributed by atoms with Gasteiger partial charge < -0.3 is 15.3 Å². The fourth-order valence-electron chi connectivity index (χ4n) is 2.64. The Morgan fingerprint density at radius 3 is 3.05 bits per heavy atom. The maximum Gasteiger partial charge on any atom is 0.323 e. The average Bonchev–Trinajstić information content (AvgIpc) is 2.48. The number of likely N-dealkylation sites (tertiary alicyclic amines) is 1. The second-order valence-corrected chi connectivity index (χ2v) is 5.28. The molecule has 1 fully saturated rings. The van der Waals surface area contributed by atoms with E-state index in [4.69, 9.17) is 5.11 Å². The van der Waals surface area contributed by atoms with Crippen molar-refractivity contribution < 1.29 is 14.7 Å². The van der Waals surface area contributed by atoms with Gasteiger partial charge in [-0.15, -0.1) is 0 Å². The van der Waals surface area contributed by atoms with Crippen molar-refractivity contribution in [3.05, 3.63) is 24.4 Å². The van der Waals surface area contributed by atoms with Crippen LogP contribution in [0.3, 0.4) is 0 Å². The molecule has 2 rings (SSSR count). The van der Waals surface area contributed by atoms with Crippen LogP contribution in [-0.2, 0) is 9.59 Å². The van der Waals surface area contributed by atoms with Gasteiger partial charge in [-0.1, -0.05) is 6.07 Å². The number of pyridine rings is 1. The highest BCUT2D eigenvalue weighted by Gasteiger charge is 2.29. The summed E-state index contributed by atoms with van der Waals surface area (Å²) in [5.41, 5.74) is 0. The van der Waals surface area contributed by atoms with E-state index in [9.17, 15) is 9.59 Å². The molecule has 2 N–H and O–H groups in total. The molecule has 0 spiro atoms. The molecular weight excluding hydrogens is 270 g/mol. The Morgan fingerprint density at radius 2 is 2.33 bits per heavy atom. The molecule has 0 bridgehead atoms. The molecule has 0 saturated carbocycles. The minimum Gasteiger partial charge on any atom is -0.480 e. The summed E-state index contributed by atoms with van der Waals surface area (Å²) in [6, 6.07) is 5.69. The lowest BCUT2D eigenvalue weighted by atomic mass is 9.92. The Bertz CT molecular complexity index is 478. The molecule has 21 heavy (non-hydrogen) atoms. The summed E-state index contributed by atoms with van der Waals surface area (Å²) in [6.45, 7) is 1.15. The van der Waals surface area contributed by atoms with Crippen LogP contribution in [0.1, 0.15) is 25.7 Å². The lowest BCUT2D eigenvalue weighted by molar-refractivity contribution is -0.148. The number of rotatable bonds is 7. The molecule has 0 radical (unpaired) electrons. The highest BCUT2D eigenvalue weighted by molar-refractivity contribution is 5.83. The SMILES string of the molecule is O=C(O)CN1CCC[C@@H](CCCNc2ccccn2)C1=O. The Morgan fingerprint density at radius 1 is 1.48 bits per heavy atom. The number of aliphatic carboxylic acids is 1. The summed E-state index contributed by atoms with van der Waals surface area (Å²) in [6.07, 6.45) is 5.13. The van der Waals surface area contributed by atoms with Crippen molar-refractivity contribution in [2.75, 3.05) is 25.0 Å². The largest absolute Gasteiger partial charge is 0.480 e. The molecule has 1 atom stereocenters. The number of carbonyl (C=O) groups excluding carboxylic acids is 1. The first kappa shape index (κ1) is 15.3. The van der Waals surface area contributed by atoms with Crippen molar-refractivity contribution in [2.45, 2.75) is 25.7 Å². The van der Waals surface area contributed by atoms with E-state index in [1.807, 2.05) is 18.2 Å². The lowest BCUT2D eigenvalue weighted by Crippen LogP contribution is -2.43.